The highest BCUT2D eigenvalue weighted by Gasteiger charge is 2.29. The maximum atomic E-state index is 12.6. The minimum Gasteiger partial charge on any atom is -0.352 e. The zero-order chi connectivity index (χ0) is 11.4. The number of carbonyl (C=O) groups excluding carboxylic acids is 1. The zero-order valence-electron chi connectivity index (χ0n) is 9.79. The first-order valence-electron chi connectivity index (χ1n) is 5.68. The summed E-state index contributed by atoms with van der Waals surface area (Å²) in [6.07, 6.45) is -0.158. The van der Waals surface area contributed by atoms with Crippen molar-refractivity contribution in [2.45, 2.75) is 39.4 Å². The highest BCUT2D eigenvalue weighted by Crippen LogP contribution is 2.14. The maximum absolute atomic E-state index is 12.6. The molecule has 1 heterocycles. The Kier molecular flexibility index (Phi) is 4.51. The molecule has 1 fully saturated rings. The number of rotatable bonds is 5. The molecule has 4 heteroatoms. The summed E-state index contributed by atoms with van der Waals surface area (Å²) in [6.45, 7) is 7.80. The molecule has 0 saturated carbocycles. The molecule has 0 aromatic rings. The summed E-state index contributed by atoms with van der Waals surface area (Å²) >= 11 is 0. The van der Waals surface area contributed by atoms with Crippen molar-refractivity contribution >= 4 is 5.91 Å². The number of amides is 1. The average Bonchev–Trinajstić information content (AvgIpc) is 2.13. The van der Waals surface area contributed by atoms with Crippen LogP contribution in [0.4, 0.5) is 4.39 Å². The third-order valence-corrected chi connectivity index (χ3v) is 2.84. The summed E-state index contributed by atoms with van der Waals surface area (Å²) in [6, 6.07) is 0.143. The van der Waals surface area contributed by atoms with Gasteiger partial charge >= 0.3 is 0 Å². The number of alkyl halides is 1. The van der Waals surface area contributed by atoms with Gasteiger partial charge in [-0.2, -0.15) is 0 Å². The monoisotopic (exact) mass is 216 g/mol. The molecule has 1 aliphatic heterocycles. The molecule has 1 saturated heterocycles. The van der Waals surface area contributed by atoms with Crippen LogP contribution in [-0.2, 0) is 4.79 Å². The first kappa shape index (κ1) is 12.4. The largest absolute Gasteiger partial charge is 0.352 e. The summed E-state index contributed by atoms with van der Waals surface area (Å²) < 4.78 is 12.6. The molecule has 0 aromatic heterocycles. The lowest BCUT2D eigenvalue weighted by Crippen LogP contribution is -2.55. The van der Waals surface area contributed by atoms with E-state index in [0.29, 0.717) is 25.4 Å². The molecular weight excluding hydrogens is 195 g/mol. The standard InChI is InChI=1S/C11H21FN2O/c1-4-11(15)13-10(8(2)3)7-14-5-9(12)6-14/h8-10H,4-7H2,1-3H3,(H,13,15)/t10-/m1/s1. The van der Waals surface area contributed by atoms with E-state index in [1.807, 2.05) is 11.8 Å². The second-order valence-corrected chi connectivity index (χ2v) is 4.59. The molecule has 1 rings (SSSR count). The Hall–Kier alpha value is -0.640. The van der Waals surface area contributed by atoms with Crippen LogP contribution in [0.3, 0.4) is 0 Å². The van der Waals surface area contributed by atoms with Crippen LogP contribution in [0.1, 0.15) is 27.2 Å². The molecule has 3 nitrogen and oxygen atoms in total. The second-order valence-electron chi connectivity index (χ2n) is 4.59. The predicted molar refractivity (Wildman–Crippen MR) is 58.4 cm³/mol. The van der Waals surface area contributed by atoms with Crippen LogP contribution in [0.2, 0.25) is 0 Å². The van der Waals surface area contributed by atoms with Crippen LogP contribution in [0.25, 0.3) is 0 Å². The van der Waals surface area contributed by atoms with Crippen molar-refractivity contribution in [3.05, 3.63) is 0 Å². The van der Waals surface area contributed by atoms with Crippen LogP contribution in [-0.4, -0.2) is 42.7 Å². The summed E-state index contributed by atoms with van der Waals surface area (Å²) in [5.74, 6) is 0.463. The van der Waals surface area contributed by atoms with Crippen molar-refractivity contribution in [1.29, 1.82) is 0 Å². The number of hydrogen-bond donors (Lipinski definition) is 1. The van der Waals surface area contributed by atoms with E-state index in [9.17, 15) is 9.18 Å². The average molecular weight is 216 g/mol. The van der Waals surface area contributed by atoms with Gasteiger partial charge in [0, 0.05) is 32.1 Å². The molecule has 0 radical (unpaired) electrons. The first-order chi connectivity index (χ1) is 7.02. The van der Waals surface area contributed by atoms with E-state index < -0.39 is 6.17 Å². The quantitative estimate of drug-likeness (QED) is 0.748. The van der Waals surface area contributed by atoms with Gasteiger partial charge in [-0.05, 0) is 5.92 Å². The van der Waals surface area contributed by atoms with Gasteiger partial charge in [0.15, 0.2) is 0 Å². The van der Waals surface area contributed by atoms with Gasteiger partial charge in [0.2, 0.25) is 5.91 Å². The van der Waals surface area contributed by atoms with Crippen molar-refractivity contribution in [1.82, 2.24) is 10.2 Å². The Morgan fingerprint density at radius 1 is 1.53 bits per heavy atom. The van der Waals surface area contributed by atoms with Crippen LogP contribution in [0.15, 0.2) is 0 Å². The third-order valence-electron chi connectivity index (χ3n) is 2.84. The maximum Gasteiger partial charge on any atom is 0.219 e. The molecule has 0 aliphatic carbocycles. The zero-order valence-corrected chi connectivity index (χ0v) is 9.79. The minimum atomic E-state index is -0.667. The third kappa shape index (κ3) is 3.78. The van der Waals surface area contributed by atoms with E-state index in [1.165, 1.54) is 0 Å². The van der Waals surface area contributed by atoms with E-state index in [4.69, 9.17) is 0 Å². The number of likely N-dealkylation sites (tertiary alicyclic amines) is 1. The van der Waals surface area contributed by atoms with Crippen LogP contribution < -0.4 is 5.32 Å². The molecule has 0 aromatic carbocycles. The van der Waals surface area contributed by atoms with Gasteiger partial charge in [-0.1, -0.05) is 20.8 Å². The van der Waals surface area contributed by atoms with Gasteiger partial charge < -0.3 is 5.32 Å². The van der Waals surface area contributed by atoms with E-state index in [0.717, 1.165) is 6.54 Å². The first-order valence-corrected chi connectivity index (χ1v) is 5.68. The fourth-order valence-corrected chi connectivity index (χ4v) is 1.67. The van der Waals surface area contributed by atoms with Gasteiger partial charge in [0.25, 0.3) is 0 Å². The van der Waals surface area contributed by atoms with Crippen molar-refractivity contribution < 1.29 is 9.18 Å². The molecule has 88 valence electrons. The molecule has 0 bridgehead atoms. The lowest BCUT2D eigenvalue weighted by atomic mass is 10.0. The van der Waals surface area contributed by atoms with Crippen molar-refractivity contribution in [2.75, 3.05) is 19.6 Å². The Morgan fingerprint density at radius 3 is 2.53 bits per heavy atom. The molecule has 0 spiro atoms. The lowest BCUT2D eigenvalue weighted by molar-refractivity contribution is -0.122. The number of carbonyl (C=O) groups is 1. The summed E-state index contributed by atoms with van der Waals surface area (Å²) in [5.41, 5.74) is 0. The Labute approximate surface area is 91.0 Å². The lowest BCUT2D eigenvalue weighted by Gasteiger charge is -2.38. The van der Waals surface area contributed by atoms with Crippen LogP contribution in [0.5, 0.6) is 0 Å². The molecule has 1 atom stereocenters. The van der Waals surface area contributed by atoms with Gasteiger partial charge in [-0.3, -0.25) is 9.69 Å². The smallest absolute Gasteiger partial charge is 0.219 e. The predicted octanol–water partition coefficient (Wildman–Crippen LogP) is 1.19. The van der Waals surface area contributed by atoms with Crippen LogP contribution >= 0.6 is 0 Å². The summed E-state index contributed by atoms with van der Waals surface area (Å²) in [4.78, 5) is 13.3. The van der Waals surface area contributed by atoms with E-state index in [-0.39, 0.29) is 11.9 Å². The number of nitrogens with one attached hydrogen (secondary N) is 1. The Balaban J connectivity index is 2.34. The topological polar surface area (TPSA) is 32.3 Å². The summed E-state index contributed by atoms with van der Waals surface area (Å²) in [7, 11) is 0. The van der Waals surface area contributed by atoms with Crippen molar-refractivity contribution in [3.63, 3.8) is 0 Å². The fourth-order valence-electron chi connectivity index (χ4n) is 1.67. The van der Waals surface area contributed by atoms with Gasteiger partial charge in [-0.25, -0.2) is 4.39 Å². The van der Waals surface area contributed by atoms with E-state index in [1.54, 1.807) is 0 Å². The van der Waals surface area contributed by atoms with E-state index >= 15 is 0 Å². The normalized spacial score (nSPS) is 20.1. The highest BCUT2D eigenvalue weighted by atomic mass is 19.1. The molecule has 1 amide bonds. The number of halogens is 1. The van der Waals surface area contributed by atoms with Gasteiger partial charge in [0.05, 0.1) is 0 Å². The molecular formula is C11H21FN2O. The van der Waals surface area contributed by atoms with Gasteiger partial charge in [0.1, 0.15) is 6.17 Å². The highest BCUT2D eigenvalue weighted by molar-refractivity contribution is 5.75. The molecule has 15 heavy (non-hydrogen) atoms. The van der Waals surface area contributed by atoms with Crippen molar-refractivity contribution in [2.24, 2.45) is 5.92 Å². The SMILES string of the molecule is CCC(=O)N[C@H](CN1CC(F)C1)C(C)C. The van der Waals surface area contributed by atoms with Crippen molar-refractivity contribution in [3.8, 4) is 0 Å². The van der Waals surface area contributed by atoms with Crippen LogP contribution in [0, 0.1) is 5.92 Å². The van der Waals surface area contributed by atoms with E-state index in [2.05, 4.69) is 19.2 Å². The second kappa shape index (κ2) is 5.45. The number of hydrogen-bond acceptors (Lipinski definition) is 2. The van der Waals surface area contributed by atoms with Gasteiger partial charge in [-0.15, -0.1) is 0 Å². The molecule has 0 unspecified atom stereocenters. The fraction of sp³-hybridized carbons (Fsp3) is 0.909. The minimum absolute atomic E-state index is 0.0750. The molecule has 1 N–H and O–H groups in total. The number of nitrogens with zero attached hydrogens (tertiary/aromatic N) is 1. The molecule has 1 aliphatic rings. The Morgan fingerprint density at radius 2 is 2.13 bits per heavy atom. The Bertz CT molecular complexity index is 215. The summed E-state index contributed by atoms with van der Waals surface area (Å²) in [5, 5.41) is 2.98.